The van der Waals surface area contributed by atoms with Crippen molar-refractivity contribution in [1.29, 1.82) is 0 Å². The Labute approximate surface area is 276 Å². The first kappa shape index (κ1) is 33.3. The first-order valence-electron chi connectivity index (χ1n) is 15.3. The van der Waals surface area contributed by atoms with Crippen molar-refractivity contribution in [2.45, 2.75) is 50.7 Å². The summed E-state index contributed by atoms with van der Waals surface area (Å²) >= 11 is 5.79. The number of aliphatic hydroxyl groups is 1. The van der Waals surface area contributed by atoms with Crippen LogP contribution >= 0.6 is 11.6 Å². The summed E-state index contributed by atoms with van der Waals surface area (Å²) in [5, 5.41) is 15.8. The Kier molecular flexibility index (Phi) is 11.7. The van der Waals surface area contributed by atoms with Crippen LogP contribution in [0.4, 0.5) is 20.8 Å². The van der Waals surface area contributed by atoms with E-state index in [2.05, 4.69) is 49.6 Å². The molecule has 1 aliphatic rings. The summed E-state index contributed by atoms with van der Waals surface area (Å²) in [6, 6.07) is 11.6. The zero-order chi connectivity index (χ0) is 33.0. The summed E-state index contributed by atoms with van der Waals surface area (Å²) in [5.41, 5.74) is 2.23. The topological polar surface area (TPSA) is 131 Å². The van der Waals surface area contributed by atoms with Gasteiger partial charge in [0, 0.05) is 48.9 Å². The molecule has 10 nitrogen and oxygen atoms in total. The Hall–Kier alpha value is -5.05. The molecule has 47 heavy (non-hydrogen) atoms. The lowest BCUT2D eigenvalue weighted by Gasteiger charge is -2.18. The molecule has 1 amide bonds. The lowest BCUT2D eigenvalue weighted by molar-refractivity contribution is 0.0866. The third kappa shape index (κ3) is 9.48. The van der Waals surface area contributed by atoms with Crippen molar-refractivity contribution in [1.82, 2.24) is 24.8 Å². The summed E-state index contributed by atoms with van der Waals surface area (Å²) in [4.78, 5) is 38.3. The molecule has 242 valence electrons. The minimum absolute atomic E-state index is 0.0427. The molecule has 5 rings (SSSR count). The molecule has 0 saturated heterocycles. The summed E-state index contributed by atoms with van der Waals surface area (Å²) in [5.74, 6) is 5.68. The van der Waals surface area contributed by atoms with Crippen LogP contribution in [0.5, 0.6) is 0 Å². The number of carbonyl (C=O) groups excluding carboxylic acids is 1. The van der Waals surface area contributed by atoms with Crippen LogP contribution in [0.2, 0.25) is 5.02 Å². The maximum Gasteiger partial charge on any atom is 0.407 e. The van der Waals surface area contributed by atoms with Gasteiger partial charge >= 0.3 is 6.09 Å². The quantitative estimate of drug-likeness (QED) is 0.111. The van der Waals surface area contributed by atoms with Gasteiger partial charge in [-0.2, -0.15) is 0 Å². The Bertz CT molecular complexity index is 1850. The number of rotatable bonds is 9. The van der Waals surface area contributed by atoms with E-state index >= 15 is 0 Å². The fourth-order valence-electron chi connectivity index (χ4n) is 5.08. The number of alkyl carbamates (subject to hydrolysis) is 1. The van der Waals surface area contributed by atoms with Gasteiger partial charge in [-0.25, -0.2) is 24.1 Å². The van der Waals surface area contributed by atoms with E-state index in [4.69, 9.17) is 16.3 Å². The van der Waals surface area contributed by atoms with Crippen molar-refractivity contribution in [2.75, 3.05) is 18.5 Å². The zero-order valence-corrected chi connectivity index (χ0v) is 26.3. The van der Waals surface area contributed by atoms with E-state index in [0.29, 0.717) is 47.1 Å². The summed E-state index contributed by atoms with van der Waals surface area (Å²) < 4.78 is 20.9. The number of ether oxygens (including phenoxy) is 1. The van der Waals surface area contributed by atoms with Crippen molar-refractivity contribution in [3.63, 3.8) is 0 Å². The molecule has 0 radical (unpaired) electrons. The van der Waals surface area contributed by atoms with Crippen LogP contribution in [-0.4, -0.2) is 50.0 Å². The maximum atomic E-state index is 14.0. The number of hydrogen-bond donors (Lipinski definition) is 3. The van der Waals surface area contributed by atoms with Crippen LogP contribution in [0.1, 0.15) is 55.8 Å². The average Bonchev–Trinajstić information content (AvgIpc) is 3.05. The number of hydrogen-bond acceptors (Lipinski definition) is 8. The molecule has 3 aromatic heterocycles. The first-order valence-corrected chi connectivity index (χ1v) is 15.7. The summed E-state index contributed by atoms with van der Waals surface area (Å²) in [6.45, 7) is -0.0493. The van der Waals surface area contributed by atoms with Crippen LogP contribution in [0.3, 0.4) is 0 Å². The van der Waals surface area contributed by atoms with Crippen LogP contribution in [0.15, 0.2) is 84.1 Å². The second-order valence-corrected chi connectivity index (χ2v) is 11.2. The number of amides is 1. The zero-order valence-electron chi connectivity index (χ0n) is 25.5. The Morgan fingerprint density at radius 1 is 1.11 bits per heavy atom. The highest BCUT2D eigenvalue weighted by Gasteiger charge is 2.17. The summed E-state index contributed by atoms with van der Waals surface area (Å²) in [6.07, 6.45) is 13.6. The third-order valence-corrected chi connectivity index (χ3v) is 7.79. The molecule has 0 spiro atoms. The molecule has 0 saturated carbocycles. The van der Waals surface area contributed by atoms with Gasteiger partial charge in [-0.3, -0.25) is 4.79 Å². The smallest absolute Gasteiger partial charge is 0.407 e. The number of anilines is 2. The molecule has 12 heteroatoms. The molecular formula is C35H34ClFN6O4. The Morgan fingerprint density at radius 3 is 2.79 bits per heavy atom. The van der Waals surface area contributed by atoms with Gasteiger partial charge in [-0.05, 0) is 80.0 Å². The molecule has 1 aliphatic carbocycles. The standard InChI is InChI=1S/C35H34ClFN6O4/c36-29-12-11-25(20-30(29)37)32(23-44)43-19-15-24(21-33(43)45)31-14-18-39-34(42-31)41-27-13-17-38-26(22-27)8-6-7-16-40-35(46)47-28-9-4-2-1-3-5-10-28/h1-2,11-15,17-22,28,32,44H,3-5,7,9-10,16,23H2,(H,40,46)(H,38,39,41,42)/b2-1-/t28-,32+/m0/s1. The number of halogens is 2. The predicted molar refractivity (Wildman–Crippen MR) is 178 cm³/mol. The van der Waals surface area contributed by atoms with Crippen molar-refractivity contribution in [3.8, 4) is 23.1 Å². The van der Waals surface area contributed by atoms with E-state index < -0.39 is 30.1 Å². The van der Waals surface area contributed by atoms with Crippen LogP contribution in [0, 0.1) is 17.7 Å². The van der Waals surface area contributed by atoms with E-state index in [1.165, 1.54) is 29.0 Å². The van der Waals surface area contributed by atoms with Crippen molar-refractivity contribution >= 4 is 29.3 Å². The number of nitrogens with one attached hydrogen (secondary N) is 2. The highest BCUT2D eigenvalue weighted by atomic mass is 35.5. The SMILES string of the molecule is O=C(NCCC#Cc1cc(Nc2nccc(-c3ccn([C@H](CO)c4ccc(Cl)c(F)c4)c(=O)c3)n2)ccn1)O[C@H]1CC/C=C\CCC1. The normalized spacial score (nSPS) is 15.7. The molecule has 0 bridgehead atoms. The molecular weight excluding hydrogens is 623 g/mol. The van der Waals surface area contributed by atoms with E-state index in [9.17, 15) is 19.1 Å². The number of nitrogens with zero attached hydrogens (tertiary/aromatic N) is 4. The molecule has 2 atom stereocenters. The lowest BCUT2D eigenvalue weighted by atomic mass is 10.0. The monoisotopic (exact) mass is 656 g/mol. The van der Waals surface area contributed by atoms with E-state index in [1.54, 1.807) is 42.7 Å². The van der Waals surface area contributed by atoms with Gasteiger partial charge < -0.3 is 25.0 Å². The van der Waals surface area contributed by atoms with Crippen LogP contribution in [0.25, 0.3) is 11.3 Å². The van der Waals surface area contributed by atoms with Gasteiger partial charge in [0.2, 0.25) is 5.95 Å². The molecule has 0 aliphatic heterocycles. The predicted octanol–water partition coefficient (Wildman–Crippen LogP) is 6.17. The van der Waals surface area contributed by atoms with Gasteiger partial charge in [0.05, 0.1) is 23.4 Å². The number of allylic oxidation sites excluding steroid dienone is 2. The summed E-state index contributed by atoms with van der Waals surface area (Å²) in [7, 11) is 0. The number of aromatic nitrogens is 4. The maximum absolute atomic E-state index is 14.0. The van der Waals surface area contributed by atoms with Gasteiger partial charge in [0.1, 0.15) is 17.6 Å². The van der Waals surface area contributed by atoms with E-state index in [0.717, 1.165) is 32.1 Å². The number of benzene rings is 1. The number of carbonyl (C=O) groups is 1. The number of pyridine rings is 2. The molecule has 1 aromatic carbocycles. The molecule has 4 aromatic rings. The second kappa shape index (κ2) is 16.5. The highest BCUT2D eigenvalue weighted by molar-refractivity contribution is 6.30. The second-order valence-electron chi connectivity index (χ2n) is 10.8. The molecule has 3 heterocycles. The van der Waals surface area contributed by atoms with Crippen molar-refractivity contribution < 1.29 is 19.0 Å². The fraction of sp³-hybridized carbons (Fsp3) is 0.286. The minimum Gasteiger partial charge on any atom is -0.446 e. The minimum atomic E-state index is -0.790. The fourth-order valence-corrected chi connectivity index (χ4v) is 5.20. The molecule has 3 N–H and O–H groups in total. The van der Waals surface area contributed by atoms with Gasteiger partial charge in [0.15, 0.2) is 0 Å². The Morgan fingerprint density at radius 2 is 1.96 bits per heavy atom. The van der Waals surface area contributed by atoms with Gasteiger partial charge in [-0.1, -0.05) is 35.7 Å². The average molecular weight is 657 g/mol. The van der Waals surface area contributed by atoms with Gasteiger partial charge in [0.25, 0.3) is 5.56 Å². The third-order valence-electron chi connectivity index (χ3n) is 7.48. The van der Waals surface area contributed by atoms with Crippen LogP contribution < -0.4 is 16.2 Å². The Balaban J connectivity index is 1.17. The molecule has 0 unspecified atom stereocenters. The lowest BCUT2D eigenvalue weighted by Crippen LogP contribution is -2.29. The van der Waals surface area contributed by atoms with E-state index in [1.807, 2.05) is 0 Å². The van der Waals surface area contributed by atoms with Crippen molar-refractivity contribution in [3.05, 3.63) is 112 Å². The number of aliphatic hydroxyl groups excluding tert-OH is 1. The largest absolute Gasteiger partial charge is 0.446 e. The van der Waals surface area contributed by atoms with E-state index in [-0.39, 0.29) is 11.1 Å². The van der Waals surface area contributed by atoms with Crippen LogP contribution in [-0.2, 0) is 4.74 Å². The first-order chi connectivity index (χ1) is 22.9. The molecule has 0 fully saturated rings. The highest BCUT2D eigenvalue weighted by Crippen LogP contribution is 2.24. The van der Waals surface area contributed by atoms with Gasteiger partial charge in [-0.15, -0.1) is 0 Å². The van der Waals surface area contributed by atoms with Crippen molar-refractivity contribution in [2.24, 2.45) is 0 Å².